The smallest absolute Gasteiger partial charge is 0.0951 e. The molecule has 2 N–H and O–H groups in total. The second-order valence-electron chi connectivity index (χ2n) is 4.94. The molecule has 2 unspecified atom stereocenters. The van der Waals surface area contributed by atoms with Crippen molar-refractivity contribution in [3.8, 4) is 0 Å². The third-order valence-corrected chi connectivity index (χ3v) is 3.46. The molecule has 1 aromatic heterocycles. The van der Waals surface area contributed by atoms with Crippen LogP contribution in [-0.4, -0.2) is 9.55 Å². The average molecular weight is 207 g/mol. The van der Waals surface area contributed by atoms with E-state index in [4.69, 9.17) is 5.73 Å². The van der Waals surface area contributed by atoms with Crippen molar-refractivity contribution in [2.75, 3.05) is 0 Å². The molecule has 1 aliphatic rings. The van der Waals surface area contributed by atoms with Gasteiger partial charge < -0.3 is 10.3 Å². The van der Waals surface area contributed by atoms with Crippen LogP contribution < -0.4 is 5.73 Å². The summed E-state index contributed by atoms with van der Waals surface area (Å²) in [5.74, 6) is 0.840. The zero-order valence-corrected chi connectivity index (χ0v) is 9.69. The Bertz CT molecular complexity index is 316. The van der Waals surface area contributed by atoms with E-state index in [0.29, 0.717) is 6.04 Å². The predicted octanol–water partition coefficient (Wildman–Crippen LogP) is 2.65. The zero-order chi connectivity index (χ0) is 10.8. The van der Waals surface area contributed by atoms with Crippen molar-refractivity contribution in [2.24, 2.45) is 11.7 Å². The first-order valence-electron chi connectivity index (χ1n) is 5.95. The topological polar surface area (TPSA) is 43.8 Å². The Morgan fingerprint density at radius 3 is 3.00 bits per heavy atom. The summed E-state index contributed by atoms with van der Waals surface area (Å²) in [6.45, 7) is 4.37. The Kier molecular flexibility index (Phi) is 3.10. The molecule has 0 aromatic carbocycles. The van der Waals surface area contributed by atoms with E-state index in [9.17, 15) is 0 Å². The third kappa shape index (κ3) is 2.23. The van der Waals surface area contributed by atoms with Crippen molar-refractivity contribution in [3.63, 3.8) is 0 Å². The van der Waals surface area contributed by atoms with Crippen LogP contribution in [-0.2, 0) is 0 Å². The van der Waals surface area contributed by atoms with Crippen molar-refractivity contribution >= 4 is 0 Å². The molecule has 0 amide bonds. The molecule has 1 saturated carbocycles. The largest absolute Gasteiger partial charge is 0.330 e. The van der Waals surface area contributed by atoms with Crippen molar-refractivity contribution in [1.29, 1.82) is 0 Å². The number of hydrogen-bond donors (Lipinski definition) is 1. The molecule has 15 heavy (non-hydrogen) atoms. The summed E-state index contributed by atoms with van der Waals surface area (Å²) in [5, 5.41) is 0. The molecule has 0 spiro atoms. The van der Waals surface area contributed by atoms with E-state index in [2.05, 4.69) is 16.5 Å². The molecular weight excluding hydrogens is 186 g/mol. The lowest BCUT2D eigenvalue weighted by molar-refractivity contribution is 0.276. The minimum absolute atomic E-state index is 0.0877. The van der Waals surface area contributed by atoms with Gasteiger partial charge in [0.25, 0.3) is 0 Å². The van der Waals surface area contributed by atoms with Gasteiger partial charge in [0, 0.05) is 18.3 Å². The Morgan fingerprint density at radius 2 is 2.33 bits per heavy atom. The molecule has 1 heterocycles. The summed E-state index contributed by atoms with van der Waals surface area (Å²) in [6, 6.07) is 0.710. The van der Waals surface area contributed by atoms with E-state index in [1.54, 1.807) is 0 Å². The first-order chi connectivity index (χ1) is 7.18. The minimum Gasteiger partial charge on any atom is -0.330 e. The first-order valence-corrected chi connectivity index (χ1v) is 5.95. The third-order valence-electron chi connectivity index (χ3n) is 3.46. The Hall–Kier alpha value is -0.830. The highest BCUT2D eigenvalue weighted by atomic mass is 15.1. The van der Waals surface area contributed by atoms with Gasteiger partial charge in [-0.15, -0.1) is 0 Å². The van der Waals surface area contributed by atoms with Crippen LogP contribution in [0.3, 0.4) is 0 Å². The van der Waals surface area contributed by atoms with Gasteiger partial charge in [-0.05, 0) is 25.7 Å². The minimum atomic E-state index is 0.0877. The zero-order valence-electron chi connectivity index (χ0n) is 9.69. The van der Waals surface area contributed by atoms with Gasteiger partial charge in [-0.3, -0.25) is 0 Å². The summed E-state index contributed by atoms with van der Waals surface area (Å²) in [6.07, 6.45) is 9.11. The van der Waals surface area contributed by atoms with E-state index in [1.807, 2.05) is 19.4 Å². The highest BCUT2D eigenvalue weighted by molar-refractivity contribution is 5.05. The predicted molar refractivity (Wildman–Crippen MR) is 61.5 cm³/mol. The lowest BCUT2D eigenvalue weighted by Gasteiger charge is -2.29. The van der Waals surface area contributed by atoms with Crippen molar-refractivity contribution in [1.82, 2.24) is 9.55 Å². The van der Waals surface area contributed by atoms with Crippen LogP contribution in [0.5, 0.6) is 0 Å². The lowest BCUT2D eigenvalue weighted by Crippen LogP contribution is -2.21. The molecule has 3 heteroatoms. The second kappa shape index (κ2) is 4.35. The molecule has 0 saturated heterocycles. The van der Waals surface area contributed by atoms with E-state index < -0.39 is 0 Å². The summed E-state index contributed by atoms with van der Waals surface area (Å²) in [7, 11) is 0. The molecule has 1 aromatic rings. The van der Waals surface area contributed by atoms with Crippen LogP contribution in [0, 0.1) is 5.92 Å². The standard InChI is InChI=1S/C12H21N3/c1-9-4-3-5-11(6-9)15-8-14-7-12(15)10(2)13/h7-11H,3-6,13H2,1-2H3/t9?,10-,11?/m0/s1. The van der Waals surface area contributed by atoms with E-state index in [0.717, 1.165) is 5.92 Å². The molecule has 2 rings (SSSR count). The average Bonchev–Trinajstić information content (AvgIpc) is 2.65. The van der Waals surface area contributed by atoms with Gasteiger partial charge in [-0.25, -0.2) is 4.98 Å². The van der Waals surface area contributed by atoms with Crippen molar-refractivity contribution in [2.45, 2.75) is 51.6 Å². The summed E-state index contributed by atoms with van der Waals surface area (Å²) < 4.78 is 2.29. The van der Waals surface area contributed by atoms with Crippen molar-refractivity contribution < 1.29 is 0 Å². The SMILES string of the molecule is CC1CCCC(n2cncc2[C@H](C)N)C1. The number of hydrogen-bond acceptors (Lipinski definition) is 2. The quantitative estimate of drug-likeness (QED) is 0.810. The van der Waals surface area contributed by atoms with Crippen LogP contribution in [0.4, 0.5) is 0 Å². The van der Waals surface area contributed by atoms with Crippen LogP contribution in [0.15, 0.2) is 12.5 Å². The fourth-order valence-electron chi connectivity index (χ4n) is 2.63. The molecule has 3 atom stereocenters. The molecule has 84 valence electrons. The van der Waals surface area contributed by atoms with Crippen molar-refractivity contribution in [3.05, 3.63) is 18.2 Å². The van der Waals surface area contributed by atoms with Crippen LogP contribution in [0.2, 0.25) is 0 Å². The lowest BCUT2D eigenvalue weighted by atomic mass is 9.87. The fraction of sp³-hybridized carbons (Fsp3) is 0.750. The maximum absolute atomic E-state index is 5.94. The van der Waals surface area contributed by atoms with Gasteiger partial charge >= 0.3 is 0 Å². The van der Waals surface area contributed by atoms with Gasteiger partial charge in [0.05, 0.1) is 12.0 Å². The first kappa shape index (κ1) is 10.7. The van der Waals surface area contributed by atoms with E-state index in [-0.39, 0.29) is 6.04 Å². The van der Waals surface area contributed by atoms with Crippen LogP contribution in [0.1, 0.15) is 57.3 Å². The van der Waals surface area contributed by atoms with Crippen LogP contribution >= 0.6 is 0 Å². The number of rotatable bonds is 2. The molecule has 1 fully saturated rings. The second-order valence-corrected chi connectivity index (χ2v) is 4.94. The Labute approximate surface area is 91.7 Å². The summed E-state index contributed by atoms with van der Waals surface area (Å²) in [5.41, 5.74) is 7.11. The monoisotopic (exact) mass is 207 g/mol. The number of imidazole rings is 1. The molecule has 0 radical (unpaired) electrons. The highest BCUT2D eigenvalue weighted by Crippen LogP contribution is 2.33. The van der Waals surface area contributed by atoms with Gasteiger partial charge in [0.1, 0.15) is 0 Å². The summed E-state index contributed by atoms with van der Waals surface area (Å²) in [4.78, 5) is 4.23. The molecule has 3 nitrogen and oxygen atoms in total. The van der Waals surface area contributed by atoms with Crippen LogP contribution in [0.25, 0.3) is 0 Å². The fourth-order valence-corrected chi connectivity index (χ4v) is 2.63. The van der Waals surface area contributed by atoms with Gasteiger partial charge in [0.2, 0.25) is 0 Å². The maximum atomic E-state index is 5.94. The van der Waals surface area contributed by atoms with E-state index in [1.165, 1.54) is 31.4 Å². The molecule has 1 aliphatic carbocycles. The van der Waals surface area contributed by atoms with Gasteiger partial charge in [-0.1, -0.05) is 19.8 Å². The number of nitrogens with zero attached hydrogens (tertiary/aromatic N) is 2. The molecule has 0 aliphatic heterocycles. The normalized spacial score (nSPS) is 29.0. The Morgan fingerprint density at radius 1 is 1.53 bits per heavy atom. The van der Waals surface area contributed by atoms with Gasteiger partial charge in [0.15, 0.2) is 0 Å². The maximum Gasteiger partial charge on any atom is 0.0951 e. The summed E-state index contributed by atoms with van der Waals surface area (Å²) >= 11 is 0. The number of nitrogens with two attached hydrogens (primary N) is 1. The molecule has 0 bridgehead atoms. The van der Waals surface area contributed by atoms with Gasteiger partial charge in [-0.2, -0.15) is 0 Å². The van der Waals surface area contributed by atoms with E-state index >= 15 is 0 Å². The Balaban J connectivity index is 2.17. The molecular formula is C12H21N3. The highest BCUT2D eigenvalue weighted by Gasteiger charge is 2.22. The number of aromatic nitrogens is 2.